The van der Waals surface area contributed by atoms with Gasteiger partial charge in [-0.15, -0.1) is 0 Å². The molecule has 66 valence electrons. The minimum atomic E-state index is -0.680. The number of thioether (sulfide) groups is 1. The second-order valence-corrected chi connectivity index (χ2v) is 3.07. The Kier molecular flexibility index (Phi) is 2.72. The van der Waals surface area contributed by atoms with Gasteiger partial charge in [0, 0.05) is 5.75 Å². The zero-order chi connectivity index (χ0) is 9.14. The van der Waals surface area contributed by atoms with E-state index in [1.807, 2.05) is 0 Å². The molecule has 0 aliphatic carbocycles. The first-order valence-electron chi connectivity index (χ1n) is 3.19. The lowest BCUT2D eigenvalue weighted by Crippen LogP contribution is -2.44. The highest BCUT2D eigenvalue weighted by Gasteiger charge is 2.35. The lowest BCUT2D eigenvalue weighted by Gasteiger charge is -2.14. The predicted molar refractivity (Wildman–Crippen MR) is 44.0 cm³/mol. The van der Waals surface area contributed by atoms with Gasteiger partial charge in [0.05, 0.1) is 6.26 Å². The number of hydrogen-bond donors (Lipinski definition) is 1. The SMILES string of the molecule is C=COC(=O)C1CSC(=O)N1N. The van der Waals surface area contributed by atoms with Crippen LogP contribution in [0.2, 0.25) is 0 Å². The van der Waals surface area contributed by atoms with Crippen LogP contribution in [0, 0.1) is 0 Å². The summed E-state index contributed by atoms with van der Waals surface area (Å²) in [5.74, 6) is 5.07. The van der Waals surface area contributed by atoms with Crippen molar-refractivity contribution in [1.82, 2.24) is 5.01 Å². The van der Waals surface area contributed by atoms with E-state index in [1.54, 1.807) is 0 Å². The van der Waals surface area contributed by atoms with E-state index in [1.165, 1.54) is 0 Å². The Bertz CT molecular complexity index is 231. The number of hydrazine groups is 1. The van der Waals surface area contributed by atoms with Crippen LogP contribution < -0.4 is 5.84 Å². The van der Waals surface area contributed by atoms with Crippen molar-refractivity contribution >= 4 is 23.0 Å². The number of esters is 1. The lowest BCUT2D eigenvalue weighted by molar-refractivity contribution is -0.142. The number of amides is 1. The Labute approximate surface area is 73.5 Å². The summed E-state index contributed by atoms with van der Waals surface area (Å²) in [6, 6.07) is -0.680. The molecule has 0 saturated carbocycles. The Hall–Kier alpha value is -1.01. The van der Waals surface area contributed by atoms with Gasteiger partial charge in [-0.3, -0.25) is 9.80 Å². The number of ether oxygens (including phenoxy) is 1. The zero-order valence-electron chi connectivity index (χ0n) is 6.23. The van der Waals surface area contributed by atoms with Crippen LogP contribution in [0.5, 0.6) is 0 Å². The van der Waals surface area contributed by atoms with Crippen LogP contribution >= 0.6 is 11.8 Å². The predicted octanol–water partition coefficient (Wildman–Crippen LogP) is 0.0842. The minimum Gasteiger partial charge on any atom is -0.434 e. The molecule has 1 rings (SSSR count). The molecule has 0 spiro atoms. The molecule has 1 amide bonds. The average Bonchev–Trinajstić information content (AvgIpc) is 2.34. The number of nitrogens with two attached hydrogens (primary N) is 1. The summed E-state index contributed by atoms with van der Waals surface area (Å²) in [5, 5.41) is 0.553. The molecule has 1 fully saturated rings. The van der Waals surface area contributed by atoms with Crippen molar-refractivity contribution in [3.05, 3.63) is 12.8 Å². The van der Waals surface area contributed by atoms with E-state index >= 15 is 0 Å². The minimum absolute atomic E-state index is 0.319. The van der Waals surface area contributed by atoms with Gasteiger partial charge in [-0.1, -0.05) is 18.3 Å². The molecule has 6 heteroatoms. The van der Waals surface area contributed by atoms with Gasteiger partial charge in [0.2, 0.25) is 0 Å². The summed E-state index contributed by atoms with van der Waals surface area (Å²) >= 11 is 0.995. The molecule has 12 heavy (non-hydrogen) atoms. The molecule has 1 atom stereocenters. The fourth-order valence-corrected chi connectivity index (χ4v) is 1.65. The molecule has 1 aliphatic rings. The standard InChI is InChI=1S/C6H8N2O3S/c1-2-11-5(9)4-3-12-6(10)8(4)7/h2,4H,1,3,7H2. The third kappa shape index (κ3) is 1.59. The van der Waals surface area contributed by atoms with E-state index < -0.39 is 12.0 Å². The number of carbonyl (C=O) groups excluding carboxylic acids is 2. The largest absolute Gasteiger partial charge is 0.434 e. The van der Waals surface area contributed by atoms with Crippen LogP contribution in [0.15, 0.2) is 12.8 Å². The zero-order valence-corrected chi connectivity index (χ0v) is 7.04. The average molecular weight is 188 g/mol. The molecule has 0 radical (unpaired) electrons. The Morgan fingerprint density at radius 2 is 2.58 bits per heavy atom. The van der Waals surface area contributed by atoms with Gasteiger partial charge < -0.3 is 4.74 Å². The Balaban J connectivity index is 2.58. The molecule has 1 aliphatic heterocycles. The third-order valence-electron chi connectivity index (χ3n) is 1.38. The number of rotatable bonds is 2. The van der Waals surface area contributed by atoms with E-state index in [0.717, 1.165) is 23.0 Å². The van der Waals surface area contributed by atoms with Crippen LogP contribution in [0.3, 0.4) is 0 Å². The highest BCUT2D eigenvalue weighted by molar-refractivity contribution is 8.13. The van der Waals surface area contributed by atoms with Gasteiger partial charge in [0.25, 0.3) is 5.24 Å². The van der Waals surface area contributed by atoms with Crippen LogP contribution in [-0.2, 0) is 9.53 Å². The van der Waals surface area contributed by atoms with Gasteiger partial charge >= 0.3 is 5.97 Å². The normalized spacial score (nSPS) is 22.6. The van der Waals surface area contributed by atoms with E-state index in [0.29, 0.717) is 5.75 Å². The highest BCUT2D eigenvalue weighted by Crippen LogP contribution is 2.20. The summed E-state index contributed by atoms with van der Waals surface area (Å²) < 4.78 is 4.48. The second kappa shape index (κ2) is 3.59. The topological polar surface area (TPSA) is 72.6 Å². The summed E-state index contributed by atoms with van der Waals surface area (Å²) in [6.45, 7) is 3.22. The first kappa shape index (κ1) is 9.08. The smallest absolute Gasteiger partial charge is 0.336 e. The van der Waals surface area contributed by atoms with Crippen molar-refractivity contribution in [3.63, 3.8) is 0 Å². The van der Waals surface area contributed by atoms with Crippen LogP contribution in [-0.4, -0.2) is 28.0 Å². The third-order valence-corrected chi connectivity index (χ3v) is 2.32. The Morgan fingerprint density at radius 3 is 3.00 bits per heavy atom. The number of nitrogens with zero attached hydrogens (tertiary/aromatic N) is 1. The van der Waals surface area contributed by atoms with E-state index in [9.17, 15) is 9.59 Å². The van der Waals surface area contributed by atoms with Crippen LogP contribution in [0.4, 0.5) is 4.79 Å². The monoisotopic (exact) mass is 188 g/mol. The lowest BCUT2D eigenvalue weighted by atomic mass is 10.3. The highest BCUT2D eigenvalue weighted by atomic mass is 32.2. The molecule has 0 aromatic rings. The van der Waals surface area contributed by atoms with Crippen molar-refractivity contribution in [2.75, 3.05) is 5.75 Å². The molecular formula is C6H8N2O3S. The summed E-state index contributed by atoms with van der Waals surface area (Å²) in [6.07, 6.45) is 1.02. The van der Waals surface area contributed by atoms with E-state index in [2.05, 4.69) is 11.3 Å². The maximum atomic E-state index is 11.0. The van der Waals surface area contributed by atoms with Crippen molar-refractivity contribution in [3.8, 4) is 0 Å². The molecule has 2 N–H and O–H groups in total. The van der Waals surface area contributed by atoms with Gasteiger partial charge in [-0.2, -0.15) is 0 Å². The van der Waals surface area contributed by atoms with Crippen LogP contribution in [0.1, 0.15) is 0 Å². The van der Waals surface area contributed by atoms with E-state index in [-0.39, 0.29) is 5.24 Å². The fraction of sp³-hybridized carbons (Fsp3) is 0.333. The quantitative estimate of drug-likeness (QED) is 0.287. The molecule has 0 aromatic heterocycles. The summed E-state index contributed by atoms with van der Waals surface area (Å²) in [5.41, 5.74) is 0. The summed E-state index contributed by atoms with van der Waals surface area (Å²) in [4.78, 5) is 21.8. The maximum absolute atomic E-state index is 11.0. The number of hydrogen-bond acceptors (Lipinski definition) is 5. The van der Waals surface area contributed by atoms with Crippen LogP contribution in [0.25, 0.3) is 0 Å². The second-order valence-electron chi connectivity index (χ2n) is 2.10. The molecule has 5 nitrogen and oxygen atoms in total. The van der Waals surface area contributed by atoms with Crippen molar-refractivity contribution < 1.29 is 14.3 Å². The molecule has 1 heterocycles. The van der Waals surface area contributed by atoms with Gasteiger partial charge in [-0.25, -0.2) is 10.6 Å². The van der Waals surface area contributed by atoms with Crippen molar-refractivity contribution in [1.29, 1.82) is 0 Å². The van der Waals surface area contributed by atoms with Crippen molar-refractivity contribution in [2.45, 2.75) is 6.04 Å². The molecule has 0 aromatic carbocycles. The summed E-state index contributed by atoms with van der Waals surface area (Å²) in [7, 11) is 0. The van der Waals surface area contributed by atoms with Gasteiger partial charge in [0.1, 0.15) is 0 Å². The molecular weight excluding hydrogens is 180 g/mol. The maximum Gasteiger partial charge on any atom is 0.336 e. The first-order chi connectivity index (χ1) is 5.66. The van der Waals surface area contributed by atoms with Gasteiger partial charge in [0.15, 0.2) is 6.04 Å². The van der Waals surface area contributed by atoms with E-state index in [4.69, 9.17) is 5.84 Å². The fourth-order valence-electron chi connectivity index (χ4n) is 0.775. The Morgan fingerprint density at radius 1 is 1.92 bits per heavy atom. The van der Waals surface area contributed by atoms with Gasteiger partial charge in [-0.05, 0) is 0 Å². The first-order valence-corrected chi connectivity index (χ1v) is 4.17. The molecule has 1 saturated heterocycles. The van der Waals surface area contributed by atoms with Crippen molar-refractivity contribution in [2.24, 2.45) is 5.84 Å². The molecule has 0 bridgehead atoms. The molecule has 1 unspecified atom stereocenters. The number of carbonyl (C=O) groups is 2.